The number of halogens is 2. The van der Waals surface area contributed by atoms with Gasteiger partial charge in [-0.2, -0.15) is 0 Å². The van der Waals surface area contributed by atoms with Crippen LogP contribution in [-0.2, 0) is 6.54 Å². The molecular weight excluding hydrogens is 279 g/mol. The van der Waals surface area contributed by atoms with Crippen LogP contribution in [-0.4, -0.2) is 17.9 Å². The first-order valence-corrected chi connectivity index (χ1v) is 6.41. The number of anilines is 1. The Morgan fingerprint density at radius 1 is 1.25 bits per heavy atom. The molecule has 0 fully saturated rings. The number of carbonyl (C=O) groups excluding carboxylic acids is 1. The zero-order chi connectivity index (χ0) is 14.7. The first-order valence-electron chi connectivity index (χ1n) is 6.03. The molecule has 2 rings (SSSR count). The molecule has 0 aromatic heterocycles. The molecule has 0 radical (unpaired) electrons. The molecule has 0 aliphatic rings. The Morgan fingerprint density at radius 2 is 1.95 bits per heavy atom. The van der Waals surface area contributed by atoms with Gasteiger partial charge >= 0.3 is 0 Å². The molecule has 0 unspecified atom stereocenters. The molecule has 0 saturated heterocycles. The molecule has 0 atom stereocenters. The maximum Gasteiger partial charge on any atom is 0.258 e. The van der Waals surface area contributed by atoms with Crippen molar-refractivity contribution in [1.82, 2.24) is 4.90 Å². The van der Waals surface area contributed by atoms with Gasteiger partial charge < -0.3 is 10.6 Å². The first-order chi connectivity index (χ1) is 9.50. The third-order valence-corrected chi connectivity index (χ3v) is 3.30. The summed E-state index contributed by atoms with van der Waals surface area (Å²) in [4.78, 5) is 13.6. The minimum atomic E-state index is -0.629. The highest BCUT2D eigenvalue weighted by Crippen LogP contribution is 2.22. The molecule has 2 N–H and O–H groups in total. The highest BCUT2D eigenvalue weighted by Gasteiger charge is 2.20. The van der Waals surface area contributed by atoms with Crippen LogP contribution in [0.3, 0.4) is 0 Å². The summed E-state index contributed by atoms with van der Waals surface area (Å²) in [5.41, 5.74) is 7.10. The molecule has 2 aromatic carbocycles. The molecule has 3 nitrogen and oxygen atoms in total. The molecular formula is C15H14ClFN2O. The summed E-state index contributed by atoms with van der Waals surface area (Å²) in [6.45, 7) is 0.288. The van der Waals surface area contributed by atoms with Gasteiger partial charge in [-0.1, -0.05) is 35.9 Å². The van der Waals surface area contributed by atoms with Crippen molar-refractivity contribution in [2.24, 2.45) is 0 Å². The van der Waals surface area contributed by atoms with Gasteiger partial charge in [-0.3, -0.25) is 4.79 Å². The summed E-state index contributed by atoms with van der Waals surface area (Å²) in [6, 6.07) is 11.4. The van der Waals surface area contributed by atoms with E-state index >= 15 is 0 Å². The number of hydrogen-bond acceptors (Lipinski definition) is 2. The molecule has 0 spiro atoms. The van der Waals surface area contributed by atoms with Gasteiger partial charge in [0, 0.05) is 19.3 Å². The van der Waals surface area contributed by atoms with Crippen LogP contribution < -0.4 is 5.73 Å². The van der Waals surface area contributed by atoms with Gasteiger partial charge in [-0.15, -0.1) is 0 Å². The minimum absolute atomic E-state index is 0.0999. The Kier molecular flexibility index (Phi) is 4.25. The van der Waals surface area contributed by atoms with Crippen molar-refractivity contribution >= 4 is 23.2 Å². The fourth-order valence-corrected chi connectivity index (χ4v) is 2.14. The van der Waals surface area contributed by atoms with Gasteiger partial charge in [-0.05, 0) is 23.8 Å². The molecule has 20 heavy (non-hydrogen) atoms. The van der Waals surface area contributed by atoms with E-state index < -0.39 is 11.7 Å². The zero-order valence-electron chi connectivity index (χ0n) is 10.9. The molecule has 0 heterocycles. The Bertz CT molecular complexity index is 625. The number of carbonyl (C=O) groups is 1. The summed E-state index contributed by atoms with van der Waals surface area (Å²) < 4.78 is 13.7. The number of rotatable bonds is 3. The molecule has 0 aliphatic heterocycles. The van der Waals surface area contributed by atoms with Crippen LogP contribution in [0.4, 0.5) is 10.1 Å². The number of hydrogen-bond donors (Lipinski definition) is 1. The third kappa shape index (κ3) is 2.91. The predicted molar refractivity (Wildman–Crippen MR) is 78.1 cm³/mol. The van der Waals surface area contributed by atoms with Gasteiger partial charge in [0.1, 0.15) is 5.82 Å². The lowest BCUT2D eigenvalue weighted by Crippen LogP contribution is -2.27. The fourth-order valence-electron chi connectivity index (χ4n) is 1.90. The van der Waals surface area contributed by atoms with Crippen molar-refractivity contribution in [3.63, 3.8) is 0 Å². The molecule has 1 amide bonds. The third-order valence-electron chi connectivity index (χ3n) is 2.99. The Labute approximate surface area is 121 Å². The molecule has 5 heteroatoms. The molecule has 0 aliphatic carbocycles. The van der Waals surface area contributed by atoms with Crippen LogP contribution in [0.15, 0.2) is 42.5 Å². The SMILES string of the molecule is CN(Cc1ccccc1N)C(=O)c1c(F)cccc1Cl. The van der Waals surface area contributed by atoms with E-state index in [4.69, 9.17) is 17.3 Å². The van der Waals surface area contributed by atoms with Gasteiger partial charge in [-0.25, -0.2) is 4.39 Å². The highest BCUT2D eigenvalue weighted by atomic mass is 35.5. The summed E-state index contributed by atoms with van der Waals surface area (Å²) in [7, 11) is 1.58. The second-order valence-corrected chi connectivity index (χ2v) is 4.86. The first kappa shape index (κ1) is 14.3. The Hall–Kier alpha value is -2.07. The van der Waals surface area contributed by atoms with Crippen LogP contribution in [0.1, 0.15) is 15.9 Å². The lowest BCUT2D eigenvalue weighted by atomic mass is 10.1. The van der Waals surface area contributed by atoms with Crippen molar-refractivity contribution in [2.75, 3.05) is 12.8 Å². The normalized spacial score (nSPS) is 10.3. The summed E-state index contributed by atoms with van der Waals surface area (Å²) >= 11 is 5.89. The maximum absolute atomic E-state index is 13.7. The van der Waals surface area contributed by atoms with Crippen molar-refractivity contribution in [3.8, 4) is 0 Å². The standard InChI is InChI=1S/C15H14ClFN2O/c1-19(9-10-5-2-3-8-13(10)18)15(20)14-11(16)6-4-7-12(14)17/h2-8H,9,18H2,1H3. The van der Waals surface area contributed by atoms with Crippen LogP contribution in [0.25, 0.3) is 0 Å². The second kappa shape index (κ2) is 5.92. The lowest BCUT2D eigenvalue weighted by molar-refractivity contribution is 0.0781. The number of nitrogens with zero attached hydrogens (tertiary/aromatic N) is 1. The monoisotopic (exact) mass is 292 g/mol. The number of nitrogens with two attached hydrogens (primary N) is 1. The maximum atomic E-state index is 13.7. The number of amides is 1. The van der Waals surface area contributed by atoms with Gasteiger partial charge in [0.05, 0.1) is 10.6 Å². The lowest BCUT2D eigenvalue weighted by Gasteiger charge is -2.19. The topological polar surface area (TPSA) is 46.3 Å². The second-order valence-electron chi connectivity index (χ2n) is 4.46. The minimum Gasteiger partial charge on any atom is -0.398 e. The summed E-state index contributed by atoms with van der Waals surface area (Å²) in [5.74, 6) is -1.10. The Balaban J connectivity index is 2.24. The van der Waals surface area contributed by atoms with Crippen molar-refractivity contribution in [1.29, 1.82) is 0 Å². The van der Waals surface area contributed by atoms with E-state index in [1.54, 1.807) is 13.1 Å². The quantitative estimate of drug-likeness (QED) is 0.882. The number of para-hydroxylation sites is 1. The molecule has 0 saturated carbocycles. The largest absolute Gasteiger partial charge is 0.398 e. The fraction of sp³-hybridized carbons (Fsp3) is 0.133. The van der Waals surface area contributed by atoms with Crippen LogP contribution in [0.5, 0.6) is 0 Å². The zero-order valence-corrected chi connectivity index (χ0v) is 11.7. The average Bonchev–Trinajstić information content (AvgIpc) is 2.41. The van der Waals surface area contributed by atoms with Gasteiger partial charge in [0.15, 0.2) is 0 Å². The van der Waals surface area contributed by atoms with E-state index in [9.17, 15) is 9.18 Å². The Morgan fingerprint density at radius 3 is 2.60 bits per heavy atom. The van der Waals surface area contributed by atoms with Crippen molar-refractivity contribution < 1.29 is 9.18 Å². The molecule has 2 aromatic rings. The predicted octanol–water partition coefficient (Wildman–Crippen LogP) is 3.33. The highest BCUT2D eigenvalue weighted by molar-refractivity contribution is 6.33. The van der Waals surface area contributed by atoms with Crippen LogP contribution in [0, 0.1) is 5.82 Å². The molecule has 0 bridgehead atoms. The van der Waals surface area contributed by atoms with Crippen LogP contribution in [0.2, 0.25) is 5.02 Å². The van der Waals surface area contributed by atoms with E-state index in [2.05, 4.69) is 0 Å². The van der Waals surface area contributed by atoms with E-state index in [1.807, 2.05) is 18.2 Å². The number of nitrogen functional groups attached to an aromatic ring is 1. The summed E-state index contributed by atoms with van der Waals surface area (Å²) in [5, 5.41) is 0.0999. The van der Waals surface area contributed by atoms with E-state index in [1.165, 1.54) is 23.1 Å². The van der Waals surface area contributed by atoms with Crippen LogP contribution >= 0.6 is 11.6 Å². The summed E-state index contributed by atoms with van der Waals surface area (Å²) in [6.07, 6.45) is 0. The number of benzene rings is 2. The van der Waals surface area contributed by atoms with Gasteiger partial charge in [0.25, 0.3) is 5.91 Å². The molecule has 104 valence electrons. The average molecular weight is 293 g/mol. The van der Waals surface area contributed by atoms with E-state index in [0.717, 1.165) is 5.56 Å². The van der Waals surface area contributed by atoms with Crippen molar-refractivity contribution in [3.05, 3.63) is 64.4 Å². The smallest absolute Gasteiger partial charge is 0.258 e. The van der Waals surface area contributed by atoms with Crippen molar-refractivity contribution in [2.45, 2.75) is 6.54 Å². The van der Waals surface area contributed by atoms with E-state index in [0.29, 0.717) is 5.69 Å². The van der Waals surface area contributed by atoms with Gasteiger partial charge in [0.2, 0.25) is 0 Å². The van der Waals surface area contributed by atoms with E-state index in [-0.39, 0.29) is 17.1 Å².